The van der Waals surface area contributed by atoms with Crippen molar-refractivity contribution < 1.29 is 19.4 Å². The first kappa shape index (κ1) is 18.5. The largest absolute Gasteiger partial charge is 0.507 e. The number of benzene rings is 2. The predicted octanol–water partition coefficient (Wildman–Crippen LogP) is 3.29. The molecule has 2 aromatic carbocycles. The second kappa shape index (κ2) is 8.33. The van der Waals surface area contributed by atoms with Gasteiger partial charge in [-0.25, -0.2) is 4.79 Å². The summed E-state index contributed by atoms with van der Waals surface area (Å²) in [4.78, 5) is 26.2. The third-order valence-electron chi connectivity index (χ3n) is 3.84. The van der Waals surface area contributed by atoms with Crippen LogP contribution in [0.3, 0.4) is 0 Å². The molecule has 0 aromatic heterocycles. The highest BCUT2D eigenvalue weighted by Gasteiger charge is 2.20. The second-order valence-electron chi connectivity index (χ2n) is 6.20. The first-order valence-electron chi connectivity index (χ1n) is 8.18. The Morgan fingerprint density at radius 3 is 2.40 bits per heavy atom. The van der Waals surface area contributed by atoms with Gasteiger partial charge in [0.25, 0.3) is 5.91 Å². The Morgan fingerprint density at radius 2 is 1.80 bits per heavy atom. The summed E-state index contributed by atoms with van der Waals surface area (Å²) in [6, 6.07) is 14.3. The molecule has 0 aliphatic heterocycles. The van der Waals surface area contributed by atoms with Crippen molar-refractivity contribution in [1.82, 2.24) is 4.90 Å². The fourth-order valence-corrected chi connectivity index (χ4v) is 2.44. The summed E-state index contributed by atoms with van der Waals surface area (Å²) < 4.78 is 5.09. The number of amides is 1. The van der Waals surface area contributed by atoms with Crippen LogP contribution in [0.2, 0.25) is 0 Å². The Kier molecular flexibility index (Phi) is 6.17. The van der Waals surface area contributed by atoms with E-state index in [0.29, 0.717) is 6.54 Å². The van der Waals surface area contributed by atoms with Crippen molar-refractivity contribution in [3.05, 3.63) is 65.2 Å². The maximum Gasteiger partial charge on any atom is 0.342 e. The maximum atomic E-state index is 12.5. The lowest BCUT2D eigenvalue weighted by molar-refractivity contribution is -0.136. The molecule has 0 unspecified atom stereocenters. The number of aryl methyl sites for hydroxylation is 1. The average Bonchev–Trinajstić information content (AvgIpc) is 2.58. The zero-order valence-electron chi connectivity index (χ0n) is 14.7. The predicted molar refractivity (Wildman–Crippen MR) is 95.3 cm³/mol. The van der Waals surface area contributed by atoms with Gasteiger partial charge in [-0.1, -0.05) is 36.4 Å². The molecule has 0 radical (unpaired) electrons. The number of rotatable bonds is 6. The molecule has 132 valence electrons. The number of hydrogen-bond donors (Lipinski definition) is 1. The molecule has 0 spiro atoms. The van der Waals surface area contributed by atoms with Gasteiger partial charge < -0.3 is 14.7 Å². The molecule has 1 amide bonds. The van der Waals surface area contributed by atoms with Gasteiger partial charge in [0.05, 0.1) is 0 Å². The third-order valence-corrected chi connectivity index (χ3v) is 3.84. The van der Waals surface area contributed by atoms with Crippen LogP contribution in [-0.2, 0) is 16.1 Å². The quantitative estimate of drug-likeness (QED) is 0.819. The summed E-state index contributed by atoms with van der Waals surface area (Å²) >= 11 is 0. The molecule has 0 bridgehead atoms. The van der Waals surface area contributed by atoms with Crippen LogP contribution < -0.4 is 0 Å². The summed E-state index contributed by atoms with van der Waals surface area (Å²) in [6.07, 6.45) is 0. The fourth-order valence-electron chi connectivity index (χ4n) is 2.44. The molecule has 0 saturated heterocycles. The standard InChI is InChI=1S/C20H23NO4/c1-14(2)21(12-16-7-5-4-6-8-16)19(23)13-25-20(24)17-10-9-15(3)11-18(17)22/h4-11,14,22H,12-13H2,1-3H3. The van der Waals surface area contributed by atoms with E-state index in [4.69, 9.17) is 4.74 Å². The van der Waals surface area contributed by atoms with Gasteiger partial charge in [-0.15, -0.1) is 0 Å². The highest BCUT2D eigenvalue weighted by molar-refractivity contribution is 5.94. The van der Waals surface area contributed by atoms with Gasteiger partial charge in [-0.3, -0.25) is 4.79 Å². The average molecular weight is 341 g/mol. The van der Waals surface area contributed by atoms with Crippen LogP contribution in [0.15, 0.2) is 48.5 Å². The molecule has 25 heavy (non-hydrogen) atoms. The summed E-state index contributed by atoms with van der Waals surface area (Å²) in [5, 5.41) is 9.82. The number of esters is 1. The number of phenolic OH excluding ortho intramolecular Hbond substituents is 1. The molecule has 0 saturated carbocycles. The molecule has 0 aliphatic rings. The van der Waals surface area contributed by atoms with E-state index >= 15 is 0 Å². The summed E-state index contributed by atoms with van der Waals surface area (Å²) in [5.74, 6) is -1.14. The van der Waals surface area contributed by atoms with Gasteiger partial charge in [0.1, 0.15) is 11.3 Å². The summed E-state index contributed by atoms with van der Waals surface area (Å²) in [5.41, 5.74) is 1.89. The van der Waals surface area contributed by atoms with E-state index < -0.39 is 5.97 Å². The van der Waals surface area contributed by atoms with Crippen LogP contribution in [0, 0.1) is 6.92 Å². The van der Waals surface area contributed by atoms with E-state index in [9.17, 15) is 14.7 Å². The van der Waals surface area contributed by atoms with Crippen molar-refractivity contribution in [2.75, 3.05) is 6.61 Å². The Bertz CT molecular complexity index is 741. The number of carbonyl (C=O) groups excluding carboxylic acids is 2. The molecule has 5 heteroatoms. The van der Waals surface area contributed by atoms with Crippen molar-refractivity contribution in [2.24, 2.45) is 0 Å². The number of aromatic hydroxyl groups is 1. The van der Waals surface area contributed by atoms with Crippen LogP contribution in [0.4, 0.5) is 0 Å². The molecule has 0 heterocycles. The van der Waals surface area contributed by atoms with Gasteiger partial charge in [0.15, 0.2) is 6.61 Å². The number of carbonyl (C=O) groups is 2. The SMILES string of the molecule is Cc1ccc(C(=O)OCC(=O)N(Cc2ccccc2)C(C)C)c(O)c1. The second-order valence-corrected chi connectivity index (χ2v) is 6.20. The first-order chi connectivity index (χ1) is 11.9. The van der Waals surface area contributed by atoms with Crippen LogP contribution in [0.5, 0.6) is 5.75 Å². The Labute approximate surface area is 147 Å². The zero-order valence-corrected chi connectivity index (χ0v) is 14.7. The van der Waals surface area contributed by atoms with E-state index in [2.05, 4.69) is 0 Å². The molecule has 2 aromatic rings. The Hall–Kier alpha value is -2.82. The van der Waals surface area contributed by atoms with Gasteiger partial charge in [0, 0.05) is 12.6 Å². The number of phenols is 1. The topological polar surface area (TPSA) is 66.8 Å². The third kappa shape index (κ3) is 5.08. The van der Waals surface area contributed by atoms with Crippen LogP contribution >= 0.6 is 0 Å². The van der Waals surface area contributed by atoms with Gasteiger partial charge >= 0.3 is 5.97 Å². The van der Waals surface area contributed by atoms with Gasteiger partial charge in [-0.2, -0.15) is 0 Å². The lowest BCUT2D eigenvalue weighted by atomic mass is 10.1. The van der Waals surface area contributed by atoms with E-state index in [1.165, 1.54) is 12.1 Å². The van der Waals surface area contributed by atoms with Crippen molar-refractivity contribution in [3.63, 3.8) is 0 Å². The molecule has 0 fully saturated rings. The highest BCUT2D eigenvalue weighted by Crippen LogP contribution is 2.19. The minimum absolute atomic E-state index is 0.0285. The van der Waals surface area contributed by atoms with E-state index in [1.807, 2.05) is 51.1 Å². The number of nitrogens with zero attached hydrogens (tertiary/aromatic N) is 1. The van der Waals surface area contributed by atoms with E-state index in [0.717, 1.165) is 11.1 Å². The minimum Gasteiger partial charge on any atom is -0.507 e. The molecule has 0 atom stereocenters. The first-order valence-corrected chi connectivity index (χ1v) is 8.18. The van der Waals surface area contributed by atoms with E-state index in [-0.39, 0.29) is 29.9 Å². The monoisotopic (exact) mass is 341 g/mol. The zero-order chi connectivity index (χ0) is 18.4. The van der Waals surface area contributed by atoms with E-state index in [1.54, 1.807) is 11.0 Å². The maximum absolute atomic E-state index is 12.5. The smallest absolute Gasteiger partial charge is 0.342 e. The Balaban J connectivity index is 2.00. The summed E-state index contributed by atoms with van der Waals surface area (Å²) in [7, 11) is 0. The Morgan fingerprint density at radius 1 is 1.12 bits per heavy atom. The van der Waals surface area contributed by atoms with Crippen molar-refractivity contribution in [2.45, 2.75) is 33.4 Å². The minimum atomic E-state index is -0.714. The molecule has 0 aliphatic carbocycles. The number of ether oxygens (including phenoxy) is 1. The highest BCUT2D eigenvalue weighted by atomic mass is 16.5. The van der Waals surface area contributed by atoms with Crippen molar-refractivity contribution >= 4 is 11.9 Å². The van der Waals surface area contributed by atoms with Crippen LogP contribution in [0.25, 0.3) is 0 Å². The van der Waals surface area contributed by atoms with Crippen molar-refractivity contribution in [3.8, 4) is 5.75 Å². The van der Waals surface area contributed by atoms with Crippen molar-refractivity contribution in [1.29, 1.82) is 0 Å². The normalized spacial score (nSPS) is 10.6. The number of hydrogen-bond acceptors (Lipinski definition) is 4. The van der Waals surface area contributed by atoms with Gasteiger partial charge in [0.2, 0.25) is 0 Å². The lowest BCUT2D eigenvalue weighted by Gasteiger charge is -2.26. The van der Waals surface area contributed by atoms with Crippen LogP contribution in [0.1, 0.15) is 35.3 Å². The molecular formula is C20H23NO4. The van der Waals surface area contributed by atoms with Crippen LogP contribution in [-0.4, -0.2) is 34.5 Å². The molecule has 5 nitrogen and oxygen atoms in total. The molecule has 1 N–H and O–H groups in total. The van der Waals surface area contributed by atoms with Gasteiger partial charge in [-0.05, 0) is 44.0 Å². The fraction of sp³-hybridized carbons (Fsp3) is 0.300. The summed E-state index contributed by atoms with van der Waals surface area (Å²) in [6.45, 7) is 5.72. The molecule has 2 rings (SSSR count). The lowest BCUT2D eigenvalue weighted by Crippen LogP contribution is -2.39. The molecular weight excluding hydrogens is 318 g/mol.